The van der Waals surface area contributed by atoms with Gasteiger partial charge in [0.2, 0.25) is 11.7 Å². The van der Waals surface area contributed by atoms with Gasteiger partial charge < -0.3 is 19.7 Å². The monoisotopic (exact) mass is 415 g/mol. The van der Waals surface area contributed by atoms with Crippen LogP contribution in [-0.4, -0.2) is 21.8 Å². The van der Waals surface area contributed by atoms with E-state index in [1.807, 2.05) is 19.1 Å². The van der Waals surface area contributed by atoms with Gasteiger partial charge in [-0.15, -0.1) is 0 Å². The Labute approximate surface area is 172 Å². The Hall–Kier alpha value is -3.26. The first-order valence-corrected chi connectivity index (χ1v) is 9.28. The molecule has 0 amide bonds. The number of halogens is 2. The van der Waals surface area contributed by atoms with Gasteiger partial charge in [0.1, 0.15) is 11.6 Å². The lowest BCUT2D eigenvalue weighted by Crippen LogP contribution is -2.20. The fourth-order valence-electron chi connectivity index (χ4n) is 2.99. The van der Waals surface area contributed by atoms with Crippen LogP contribution < -0.4 is 15.6 Å². The molecule has 0 unspecified atom stereocenters. The van der Waals surface area contributed by atoms with Gasteiger partial charge in [-0.2, -0.15) is 4.98 Å². The summed E-state index contributed by atoms with van der Waals surface area (Å²) < 4.78 is 33.8. The summed E-state index contributed by atoms with van der Waals surface area (Å²) in [5, 5.41) is 13.4. The van der Waals surface area contributed by atoms with Gasteiger partial charge in [0.05, 0.1) is 25.5 Å². The molecule has 0 aliphatic rings. The number of aromatic nitrogens is 2. The van der Waals surface area contributed by atoms with Crippen molar-refractivity contribution in [2.24, 2.45) is 0 Å². The standard InChI is InChI=1S/C22H23F2N3O3/c1-13-5-6-15(22(2,3)29)9-18(13)25-21-26-20(28)19(30-4)12-27(21)11-14-7-16(23)10-17(24)8-14/h5-10,12,29H,11H2,1-4H3,(H,25,26,28). The van der Waals surface area contributed by atoms with Crippen LogP contribution in [0.3, 0.4) is 0 Å². The third-order valence-corrected chi connectivity index (χ3v) is 4.65. The van der Waals surface area contributed by atoms with Crippen LogP contribution in [0.2, 0.25) is 0 Å². The van der Waals surface area contributed by atoms with Crippen molar-refractivity contribution in [3.05, 3.63) is 81.3 Å². The second kappa shape index (κ2) is 8.23. The summed E-state index contributed by atoms with van der Waals surface area (Å²) in [5.74, 6) is -1.23. The summed E-state index contributed by atoms with van der Waals surface area (Å²) in [6.45, 7) is 5.25. The molecule has 0 radical (unpaired) electrons. The molecule has 0 bridgehead atoms. The van der Waals surface area contributed by atoms with E-state index in [0.29, 0.717) is 16.8 Å². The first-order chi connectivity index (χ1) is 14.1. The van der Waals surface area contributed by atoms with Gasteiger partial charge >= 0.3 is 5.56 Å². The van der Waals surface area contributed by atoms with Crippen LogP contribution in [0.1, 0.15) is 30.5 Å². The van der Waals surface area contributed by atoms with E-state index < -0.39 is 22.8 Å². The lowest BCUT2D eigenvalue weighted by atomic mass is 9.96. The van der Waals surface area contributed by atoms with Crippen LogP contribution in [0.15, 0.2) is 47.4 Å². The van der Waals surface area contributed by atoms with Crippen LogP contribution >= 0.6 is 0 Å². The van der Waals surface area contributed by atoms with Crippen LogP contribution in [0.25, 0.3) is 0 Å². The summed E-state index contributed by atoms with van der Waals surface area (Å²) in [6.07, 6.45) is 1.43. The van der Waals surface area contributed by atoms with Crippen LogP contribution in [0, 0.1) is 18.6 Å². The molecule has 0 aliphatic heterocycles. The predicted octanol–water partition coefficient (Wildman–Crippen LogP) is 3.86. The molecule has 1 heterocycles. The van der Waals surface area contributed by atoms with E-state index in [4.69, 9.17) is 4.74 Å². The van der Waals surface area contributed by atoms with Gasteiger partial charge in [-0.1, -0.05) is 12.1 Å². The van der Waals surface area contributed by atoms with Gasteiger partial charge in [-0.25, -0.2) is 8.78 Å². The lowest BCUT2D eigenvalue weighted by Gasteiger charge is -2.21. The molecule has 0 saturated carbocycles. The van der Waals surface area contributed by atoms with Crippen molar-refractivity contribution in [1.82, 2.24) is 9.55 Å². The van der Waals surface area contributed by atoms with E-state index in [1.54, 1.807) is 19.9 Å². The quantitative estimate of drug-likeness (QED) is 0.640. The molecule has 0 atom stereocenters. The van der Waals surface area contributed by atoms with Gasteiger partial charge in [0.15, 0.2) is 0 Å². The van der Waals surface area contributed by atoms with Crippen molar-refractivity contribution in [2.75, 3.05) is 12.4 Å². The van der Waals surface area contributed by atoms with Crippen molar-refractivity contribution in [2.45, 2.75) is 32.9 Å². The predicted molar refractivity (Wildman–Crippen MR) is 110 cm³/mol. The molecule has 0 spiro atoms. The maximum Gasteiger partial charge on any atom is 0.316 e. The van der Waals surface area contributed by atoms with Crippen molar-refractivity contribution >= 4 is 11.6 Å². The second-order valence-electron chi connectivity index (χ2n) is 7.56. The topological polar surface area (TPSA) is 76.4 Å². The first-order valence-electron chi connectivity index (χ1n) is 9.28. The molecule has 8 heteroatoms. The Bertz CT molecular complexity index is 1120. The van der Waals surface area contributed by atoms with Gasteiger partial charge in [-0.3, -0.25) is 4.79 Å². The van der Waals surface area contributed by atoms with Crippen LogP contribution in [0.5, 0.6) is 5.75 Å². The summed E-state index contributed by atoms with van der Waals surface area (Å²) in [6, 6.07) is 8.61. The lowest BCUT2D eigenvalue weighted by molar-refractivity contribution is 0.0786. The minimum Gasteiger partial charge on any atom is -0.490 e. The Morgan fingerprint density at radius 1 is 1.17 bits per heavy atom. The zero-order valence-corrected chi connectivity index (χ0v) is 17.2. The van der Waals surface area contributed by atoms with Crippen molar-refractivity contribution < 1.29 is 18.6 Å². The van der Waals surface area contributed by atoms with E-state index in [9.17, 15) is 18.7 Å². The molecule has 0 aliphatic carbocycles. The number of aryl methyl sites for hydroxylation is 1. The molecule has 6 nitrogen and oxygen atoms in total. The highest BCUT2D eigenvalue weighted by molar-refractivity contribution is 5.60. The molecule has 2 aromatic carbocycles. The largest absolute Gasteiger partial charge is 0.490 e. The number of aliphatic hydroxyl groups is 1. The fourth-order valence-corrected chi connectivity index (χ4v) is 2.99. The molecule has 158 valence electrons. The molecule has 0 fully saturated rings. The average molecular weight is 415 g/mol. The van der Waals surface area contributed by atoms with Crippen LogP contribution in [0.4, 0.5) is 20.4 Å². The molecule has 0 saturated heterocycles. The number of ether oxygens (including phenoxy) is 1. The number of methoxy groups -OCH3 is 1. The number of anilines is 2. The average Bonchev–Trinajstić information content (AvgIpc) is 2.63. The summed E-state index contributed by atoms with van der Waals surface area (Å²) in [4.78, 5) is 16.3. The maximum atomic E-state index is 13.6. The van der Waals surface area contributed by atoms with E-state index in [-0.39, 0.29) is 18.2 Å². The maximum absolute atomic E-state index is 13.6. The highest BCUT2D eigenvalue weighted by atomic mass is 19.1. The first kappa shape index (κ1) is 21.4. The van der Waals surface area contributed by atoms with Gasteiger partial charge in [0, 0.05) is 11.8 Å². The minimum absolute atomic E-state index is 0.000566. The SMILES string of the molecule is COc1cn(Cc2cc(F)cc(F)c2)c(Nc2cc(C(C)(C)O)ccc2C)nc1=O. The normalized spacial score (nSPS) is 11.4. The van der Waals surface area contributed by atoms with Crippen molar-refractivity contribution in [3.8, 4) is 5.75 Å². The van der Waals surface area contributed by atoms with E-state index in [1.165, 1.54) is 30.0 Å². The van der Waals surface area contributed by atoms with Crippen molar-refractivity contribution in [3.63, 3.8) is 0 Å². The second-order valence-corrected chi connectivity index (χ2v) is 7.56. The zero-order chi connectivity index (χ0) is 22.1. The molecular formula is C22H23F2N3O3. The van der Waals surface area contributed by atoms with E-state index >= 15 is 0 Å². The minimum atomic E-state index is -1.06. The smallest absolute Gasteiger partial charge is 0.316 e. The third-order valence-electron chi connectivity index (χ3n) is 4.65. The number of hydrogen-bond acceptors (Lipinski definition) is 5. The Balaban J connectivity index is 2.06. The third kappa shape index (κ3) is 4.83. The molecule has 3 aromatic rings. The highest BCUT2D eigenvalue weighted by Crippen LogP contribution is 2.27. The Morgan fingerprint density at radius 2 is 1.83 bits per heavy atom. The van der Waals surface area contributed by atoms with Crippen LogP contribution in [-0.2, 0) is 12.1 Å². The molecular weight excluding hydrogens is 392 g/mol. The number of nitrogens with one attached hydrogen (secondary N) is 1. The fraction of sp³-hybridized carbons (Fsp3) is 0.273. The number of hydrogen-bond donors (Lipinski definition) is 2. The Kier molecular flexibility index (Phi) is 5.89. The molecule has 2 N–H and O–H groups in total. The zero-order valence-electron chi connectivity index (χ0n) is 17.2. The van der Waals surface area contributed by atoms with E-state index in [0.717, 1.165) is 11.6 Å². The van der Waals surface area contributed by atoms with E-state index in [2.05, 4.69) is 10.3 Å². The molecule has 1 aromatic heterocycles. The molecule has 30 heavy (non-hydrogen) atoms. The van der Waals surface area contributed by atoms with Gasteiger partial charge in [0.25, 0.3) is 0 Å². The summed E-state index contributed by atoms with van der Waals surface area (Å²) >= 11 is 0. The van der Waals surface area contributed by atoms with Gasteiger partial charge in [-0.05, 0) is 55.7 Å². The summed E-state index contributed by atoms with van der Waals surface area (Å²) in [7, 11) is 1.34. The highest BCUT2D eigenvalue weighted by Gasteiger charge is 2.18. The van der Waals surface area contributed by atoms with Crippen molar-refractivity contribution in [1.29, 1.82) is 0 Å². The summed E-state index contributed by atoms with van der Waals surface area (Å²) in [5.41, 5.74) is 0.867. The number of benzene rings is 2. The number of nitrogens with zero attached hydrogens (tertiary/aromatic N) is 2. The molecule has 3 rings (SSSR count). The number of rotatable bonds is 6. The Morgan fingerprint density at radius 3 is 2.43 bits per heavy atom.